The van der Waals surface area contributed by atoms with Gasteiger partial charge >= 0.3 is 0 Å². The van der Waals surface area contributed by atoms with Crippen molar-refractivity contribution in [3.8, 4) is 0 Å². The summed E-state index contributed by atoms with van der Waals surface area (Å²) in [6, 6.07) is 12.8. The van der Waals surface area contributed by atoms with Gasteiger partial charge in [-0.25, -0.2) is 9.37 Å². The number of hydrogen-bond acceptors (Lipinski definition) is 4. The average Bonchev–Trinajstić information content (AvgIpc) is 2.99. The zero-order valence-electron chi connectivity index (χ0n) is 13.8. The molecule has 1 aliphatic heterocycles. The summed E-state index contributed by atoms with van der Waals surface area (Å²) in [5.41, 5.74) is 2.79. The Morgan fingerprint density at radius 2 is 2.20 bits per heavy atom. The van der Waals surface area contributed by atoms with Crippen molar-refractivity contribution in [2.45, 2.75) is 25.8 Å². The van der Waals surface area contributed by atoms with E-state index in [1.54, 1.807) is 12.1 Å². The quantitative estimate of drug-likeness (QED) is 0.765. The molecule has 0 bridgehead atoms. The van der Waals surface area contributed by atoms with E-state index >= 15 is 0 Å². The molecule has 1 atom stereocenters. The largest absolute Gasteiger partial charge is 0.359 e. The molecule has 0 fully saturated rings. The van der Waals surface area contributed by atoms with Gasteiger partial charge in [-0.3, -0.25) is 4.79 Å². The number of benzene rings is 2. The molecule has 0 aliphatic carbocycles. The van der Waals surface area contributed by atoms with Crippen LogP contribution < -0.4 is 10.2 Å². The van der Waals surface area contributed by atoms with Crippen molar-refractivity contribution >= 4 is 38.3 Å². The van der Waals surface area contributed by atoms with Crippen molar-refractivity contribution in [1.82, 2.24) is 4.98 Å². The van der Waals surface area contributed by atoms with Crippen molar-refractivity contribution in [3.05, 3.63) is 53.8 Å². The highest BCUT2D eigenvalue weighted by Gasteiger charge is 2.25. The molecule has 0 saturated heterocycles. The molecule has 3 aromatic rings. The molecular formula is C19H18FN3OS. The molecule has 128 valence electrons. The molecule has 4 rings (SSSR count). The summed E-state index contributed by atoms with van der Waals surface area (Å²) in [5.74, 6) is -0.338. The Labute approximate surface area is 149 Å². The number of carbonyl (C=O) groups excluding carboxylic acids is 1. The molecule has 0 saturated carbocycles. The number of halogens is 1. The maximum absolute atomic E-state index is 13.5. The van der Waals surface area contributed by atoms with Gasteiger partial charge in [0.25, 0.3) is 0 Å². The molecule has 1 aliphatic rings. The van der Waals surface area contributed by atoms with Gasteiger partial charge in [0.05, 0.1) is 16.8 Å². The summed E-state index contributed by atoms with van der Waals surface area (Å²) < 4.78 is 14.5. The van der Waals surface area contributed by atoms with E-state index in [9.17, 15) is 9.18 Å². The summed E-state index contributed by atoms with van der Waals surface area (Å²) in [7, 11) is 0. The summed E-state index contributed by atoms with van der Waals surface area (Å²) in [4.78, 5) is 19.0. The molecule has 4 nitrogen and oxygen atoms in total. The first-order chi connectivity index (χ1) is 12.1. The molecule has 0 spiro atoms. The first-order valence-electron chi connectivity index (χ1n) is 8.30. The van der Waals surface area contributed by atoms with Crippen molar-refractivity contribution in [3.63, 3.8) is 0 Å². The van der Waals surface area contributed by atoms with E-state index in [2.05, 4.69) is 17.2 Å². The van der Waals surface area contributed by atoms with Crippen molar-refractivity contribution in [1.29, 1.82) is 0 Å². The van der Waals surface area contributed by atoms with Crippen LogP contribution in [0.2, 0.25) is 0 Å². The fraction of sp³-hybridized carbons (Fsp3) is 0.263. The Kier molecular flexibility index (Phi) is 4.13. The number of nitrogens with zero attached hydrogens (tertiary/aromatic N) is 2. The fourth-order valence-corrected chi connectivity index (χ4v) is 4.15. The predicted octanol–water partition coefficient (Wildman–Crippen LogP) is 4.22. The van der Waals surface area contributed by atoms with Crippen LogP contribution in [0.4, 0.5) is 15.2 Å². The predicted molar refractivity (Wildman–Crippen MR) is 99.8 cm³/mol. The Morgan fingerprint density at radius 3 is 3.04 bits per heavy atom. The summed E-state index contributed by atoms with van der Waals surface area (Å²) in [5, 5.41) is 3.50. The van der Waals surface area contributed by atoms with E-state index in [0.29, 0.717) is 5.13 Å². The molecule has 1 aromatic heterocycles. The van der Waals surface area contributed by atoms with Crippen LogP contribution in [0, 0.1) is 5.82 Å². The van der Waals surface area contributed by atoms with Crippen LogP contribution in [-0.2, 0) is 11.2 Å². The average molecular weight is 355 g/mol. The number of anilines is 2. The fourth-order valence-electron chi connectivity index (χ4n) is 3.27. The summed E-state index contributed by atoms with van der Waals surface area (Å²) >= 11 is 1.46. The van der Waals surface area contributed by atoms with Crippen LogP contribution >= 0.6 is 11.3 Å². The minimum Gasteiger partial charge on any atom is -0.359 e. The number of thiazole rings is 1. The number of fused-ring (bicyclic) bond motifs is 2. The van der Waals surface area contributed by atoms with E-state index in [-0.39, 0.29) is 24.3 Å². The molecule has 6 heteroatoms. The van der Waals surface area contributed by atoms with E-state index < -0.39 is 0 Å². The van der Waals surface area contributed by atoms with E-state index in [4.69, 9.17) is 0 Å². The van der Waals surface area contributed by atoms with Crippen LogP contribution in [-0.4, -0.2) is 23.5 Å². The van der Waals surface area contributed by atoms with Gasteiger partial charge in [-0.15, -0.1) is 0 Å². The number of para-hydroxylation sites is 1. The third-order valence-corrected chi connectivity index (χ3v) is 5.52. The van der Waals surface area contributed by atoms with Gasteiger partial charge in [0.1, 0.15) is 5.82 Å². The lowest BCUT2D eigenvalue weighted by atomic mass is 9.96. The van der Waals surface area contributed by atoms with Gasteiger partial charge in [-0.05, 0) is 55.7 Å². The highest BCUT2D eigenvalue weighted by Crippen LogP contribution is 2.31. The van der Waals surface area contributed by atoms with Crippen LogP contribution in [0.5, 0.6) is 0 Å². The third-order valence-electron chi connectivity index (χ3n) is 4.57. The summed E-state index contributed by atoms with van der Waals surface area (Å²) in [6.07, 6.45) is 1.75. The Hall–Kier alpha value is -2.47. The van der Waals surface area contributed by atoms with E-state index in [0.717, 1.165) is 34.3 Å². The monoisotopic (exact) mass is 355 g/mol. The Bertz CT molecular complexity index is 906. The molecule has 25 heavy (non-hydrogen) atoms. The van der Waals surface area contributed by atoms with Crippen molar-refractivity contribution in [2.75, 3.05) is 16.8 Å². The molecular weight excluding hydrogens is 337 g/mol. The number of hydrogen-bond donors (Lipinski definition) is 1. The Morgan fingerprint density at radius 1 is 1.36 bits per heavy atom. The molecule has 2 heterocycles. The van der Waals surface area contributed by atoms with Crippen LogP contribution in [0.25, 0.3) is 10.2 Å². The SMILES string of the molecule is CC1CCc2cc(F)ccc2N1CC(=O)Nc1nc2ccccc2s1. The van der Waals surface area contributed by atoms with Gasteiger partial charge in [-0.1, -0.05) is 23.5 Å². The van der Waals surface area contributed by atoms with Gasteiger partial charge in [0.2, 0.25) is 5.91 Å². The number of rotatable bonds is 3. The lowest BCUT2D eigenvalue weighted by Crippen LogP contribution is -2.42. The van der Waals surface area contributed by atoms with E-state index in [1.807, 2.05) is 29.2 Å². The maximum Gasteiger partial charge on any atom is 0.245 e. The standard InChI is InChI=1S/C19H18FN3OS/c1-12-6-7-13-10-14(20)8-9-16(13)23(12)11-18(24)22-19-21-15-4-2-3-5-17(15)25-19/h2-5,8-10,12H,6-7,11H2,1H3,(H,21,22,24). The second-order valence-electron chi connectivity index (χ2n) is 6.32. The van der Waals surface area contributed by atoms with Gasteiger partial charge < -0.3 is 10.2 Å². The number of aromatic nitrogens is 1. The van der Waals surface area contributed by atoms with Crippen molar-refractivity contribution < 1.29 is 9.18 Å². The minimum atomic E-state index is -0.229. The Balaban J connectivity index is 1.52. The number of carbonyl (C=O) groups is 1. The number of nitrogens with one attached hydrogen (secondary N) is 1. The molecule has 0 radical (unpaired) electrons. The zero-order valence-corrected chi connectivity index (χ0v) is 14.6. The van der Waals surface area contributed by atoms with Gasteiger partial charge in [-0.2, -0.15) is 0 Å². The normalized spacial score (nSPS) is 16.7. The third kappa shape index (κ3) is 3.22. The van der Waals surface area contributed by atoms with Crippen LogP contribution in [0.15, 0.2) is 42.5 Å². The topological polar surface area (TPSA) is 45.2 Å². The molecule has 2 aromatic carbocycles. The van der Waals surface area contributed by atoms with Gasteiger partial charge in [0.15, 0.2) is 5.13 Å². The highest BCUT2D eigenvalue weighted by molar-refractivity contribution is 7.22. The maximum atomic E-state index is 13.5. The molecule has 1 unspecified atom stereocenters. The summed E-state index contributed by atoms with van der Waals surface area (Å²) in [6.45, 7) is 2.33. The first-order valence-corrected chi connectivity index (χ1v) is 9.12. The lowest BCUT2D eigenvalue weighted by molar-refractivity contribution is -0.115. The second-order valence-corrected chi connectivity index (χ2v) is 7.35. The van der Waals surface area contributed by atoms with Gasteiger partial charge in [0, 0.05) is 11.7 Å². The van der Waals surface area contributed by atoms with E-state index in [1.165, 1.54) is 17.4 Å². The molecule has 1 N–H and O–H groups in total. The minimum absolute atomic E-state index is 0.108. The smallest absolute Gasteiger partial charge is 0.245 e. The van der Waals surface area contributed by atoms with Crippen LogP contribution in [0.3, 0.4) is 0 Å². The molecule has 1 amide bonds. The second kappa shape index (κ2) is 6.44. The highest BCUT2D eigenvalue weighted by atomic mass is 32.1. The number of amides is 1. The lowest BCUT2D eigenvalue weighted by Gasteiger charge is -2.36. The first kappa shape index (κ1) is 16.0. The van der Waals surface area contributed by atoms with Crippen LogP contribution in [0.1, 0.15) is 18.9 Å². The zero-order chi connectivity index (χ0) is 17.4. The number of aryl methyl sites for hydroxylation is 1. The van der Waals surface area contributed by atoms with Crippen molar-refractivity contribution in [2.24, 2.45) is 0 Å².